The Balaban J connectivity index is 1.99. The number of carboxylic acid groups (broad SMARTS) is 1. The number of ether oxygens (including phenoxy) is 1. The lowest BCUT2D eigenvalue weighted by molar-refractivity contribution is -0.149. The summed E-state index contributed by atoms with van der Waals surface area (Å²) in [6, 6.07) is 4.27. The zero-order valence-electron chi connectivity index (χ0n) is 13.4. The Kier molecular flexibility index (Phi) is 5.23. The lowest BCUT2D eigenvalue weighted by Gasteiger charge is -2.29. The first-order chi connectivity index (χ1) is 10.9. The third-order valence-electron chi connectivity index (χ3n) is 4.71. The molecule has 1 aliphatic rings. The molecule has 2 rings (SSSR count). The molecule has 126 valence electrons. The van der Waals surface area contributed by atoms with E-state index in [-0.39, 0.29) is 24.9 Å². The summed E-state index contributed by atoms with van der Waals surface area (Å²) in [4.78, 5) is 23.8. The predicted octanol–water partition coefficient (Wildman–Crippen LogP) is 2.38. The lowest BCUT2D eigenvalue weighted by atomic mass is 9.82. The van der Waals surface area contributed by atoms with Crippen molar-refractivity contribution in [2.24, 2.45) is 11.3 Å². The first kappa shape index (κ1) is 17.2. The molecule has 1 heterocycles. The zero-order chi connectivity index (χ0) is 17.0. The molecule has 2 N–H and O–H groups in total. The largest absolute Gasteiger partial charge is 0.492 e. The van der Waals surface area contributed by atoms with E-state index >= 15 is 0 Å². The Morgan fingerprint density at radius 1 is 1.39 bits per heavy atom. The summed E-state index contributed by atoms with van der Waals surface area (Å²) in [6.07, 6.45) is 1.35. The minimum absolute atomic E-state index is 0.0982. The Labute approximate surface area is 134 Å². The van der Waals surface area contributed by atoms with Gasteiger partial charge in [-0.25, -0.2) is 4.39 Å². The summed E-state index contributed by atoms with van der Waals surface area (Å²) in [5.74, 6) is -1.43. The van der Waals surface area contributed by atoms with Crippen molar-refractivity contribution < 1.29 is 23.8 Å². The van der Waals surface area contributed by atoms with E-state index in [2.05, 4.69) is 5.32 Å². The van der Waals surface area contributed by atoms with Crippen molar-refractivity contribution in [3.63, 3.8) is 0 Å². The Morgan fingerprint density at radius 3 is 2.70 bits per heavy atom. The molecule has 1 amide bonds. The average molecular weight is 323 g/mol. The number of benzene rings is 1. The fourth-order valence-corrected chi connectivity index (χ4v) is 2.79. The number of carboxylic acids is 1. The molecule has 0 saturated carbocycles. The van der Waals surface area contributed by atoms with Crippen LogP contribution in [0.5, 0.6) is 5.75 Å². The van der Waals surface area contributed by atoms with Gasteiger partial charge >= 0.3 is 5.97 Å². The summed E-state index contributed by atoms with van der Waals surface area (Å²) in [7, 11) is 0. The van der Waals surface area contributed by atoms with Crippen molar-refractivity contribution in [3.8, 4) is 5.75 Å². The molecule has 0 aliphatic carbocycles. The second kappa shape index (κ2) is 6.98. The van der Waals surface area contributed by atoms with Crippen molar-refractivity contribution >= 4 is 11.9 Å². The Morgan fingerprint density at radius 2 is 2.09 bits per heavy atom. The summed E-state index contributed by atoms with van der Waals surface area (Å²) in [5, 5.41) is 12.1. The number of carbonyl (C=O) groups is 2. The van der Waals surface area contributed by atoms with E-state index in [4.69, 9.17) is 4.74 Å². The molecule has 23 heavy (non-hydrogen) atoms. The molecule has 0 saturated heterocycles. The number of hydrogen-bond acceptors (Lipinski definition) is 3. The van der Waals surface area contributed by atoms with E-state index in [9.17, 15) is 19.1 Å². The van der Waals surface area contributed by atoms with Crippen LogP contribution in [0.15, 0.2) is 18.2 Å². The van der Waals surface area contributed by atoms with Crippen LogP contribution in [-0.2, 0) is 16.0 Å². The molecule has 0 bridgehead atoms. The third-order valence-corrected chi connectivity index (χ3v) is 4.71. The normalized spacial score (nSPS) is 17.1. The van der Waals surface area contributed by atoms with Crippen LogP contribution in [0.3, 0.4) is 0 Å². The first-order valence-corrected chi connectivity index (χ1v) is 7.84. The number of hydrogen-bond donors (Lipinski definition) is 2. The van der Waals surface area contributed by atoms with E-state index < -0.39 is 17.3 Å². The topological polar surface area (TPSA) is 75.6 Å². The van der Waals surface area contributed by atoms with Crippen molar-refractivity contribution in [1.29, 1.82) is 0 Å². The van der Waals surface area contributed by atoms with Gasteiger partial charge in [0, 0.05) is 12.6 Å². The van der Waals surface area contributed by atoms with Gasteiger partial charge in [-0.15, -0.1) is 0 Å². The highest BCUT2D eigenvalue weighted by molar-refractivity contribution is 5.81. The van der Waals surface area contributed by atoms with Crippen LogP contribution in [0, 0.1) is 17.2 Å². The van der Waals surface area contributed by atoms with Gasteiger partial charge in [0.05, 0.1) is 11.3 Å². The molecule has 1 aromatic carbocycles. The number of carbonyl (C=O) groups excluding carboxylic acids is 1. The molecule has 5 nitrogen and oxygen atoms in total. The molecule has 0 fully saturated rings. The van der Waals surface area contributed by atoms with Gasteiger partial charge in [-0.1, -0.05) is 19.9 Å². The van der Waals surface area contributed by atoms with Gasteiger partial charge in [0.1, 0.15) is 18.2 Å². The number of amides is 1. The highest BCUT2D eigenvalue weighted by Crippen LogP contribution is 2.29. The Hall–Kier alpha value is -2.11. The molecule has 1 unspecified atom stereocenters. The van der Waals surface area contributed by atoms with Gasteiger partial charge < -0.3 is 15.2 Å². The zero-order valence-corrected chi connectivity index (χ0v) is 13.4. The summed E-state index contributed by atoms with van der Waals surface area (Å²) in [6.45, 7) is 3.87. The van der Waals surface area contributed by atoms with Gasteiger partial charge in [0.25, 0.3) is 0 Å². The molecule has 0 aromatic heterocycles. The summed E-state index contributed by atoms with van der Waals surface area (Å²) >= 11 is 0. The predicted molar refractivity (Wildman–Crippen MR) is 82.7 cm³/mol. The van der Waals surface area contributed by atoms with Crippen LogP contribution in [-0.4, -0.2) is 30.1 Å². The highest BCUT2D eigenvalue weighted by Gasteiger charge is 2.36. The minimum atomic E-state index is -0.938. The van der Waals surface area contributed by atoms with E-state index in [1.807, 2.05) is 0 Å². The number of aliphatic carboxylic acids is 1. The average Bonchev–Trinajstić information content (AvgIpc) is 2.55. The van der Waals surface area contributed by atoms with Gasteiger partial charge in [-0.2, -0.15) is 0 Å². The number of halogens is 1. The van der Waals surface area contributed by atoms with Crippen molar-refractivity contribution in [2.45, 2.75) is 33.1 Å². The monoisotopic (exact) mass is 323 g/mol. The van der Waals surface area contributed by atoms with Gasteiger partial charge in [0.15, 0.2) is 0 Å². The standard InChI is InChI=1S/C17H22FNO4/c1-3-17(4-2,16(21)22)10-19-15(20)12-7-11-5-6-13(18)8-14(11)23-9-12/h5-6,8,12H,3-4,7,9-10H2,1-2H3,(H,19,20)(H,21,22). The third kappa shape index (κ3) is 3.63. The van der Waals surface area contributed by atoms with Crippen LogP contribution in [0.25, 0.3) is 0 Å². The number of fused-ring (bicyclic) bond motifs is 1. The smallest absolute Gasteiger partial charge is 0.311 e. The van der Waals surface area contributed by atoms with E-state index in [0.29, 0.717) is 25.0 Å². The summed E-state index contributed by atoms with van der Waals surface area (Å²) in [5.41, 5.74) is -0.153. The maximum atomic E-state index is 13.1. The lowest BCUT2D eigenvalue weighted by Crippen LogP contribution is -2.46. The van der Waals surface area contributed by atoms with Crippen molar-refractivity contribution in [2.75, 3.05) is 13.2 Å². The molecular formula is C17H22FNO4. The number of nitrogens with one attached hydrogen (secondary N) is 1. The van der Waals surface area contributed by atoms with Crippen LogP contribution >= 0.6 is 0 Å². The molecule has 1 aliphatic heterocycles. The van der Waals surface area contributed by atoms with E-state index in [0.717, 1.165) is 5.56 Å². The molecule has 1 aromatic rings. The fourth-order valence-electron chi connectivity index (χ4n) is 2.79. The highest BCUT2D eigenvalue weighted by atomic mass is 19.1. The molecule has 0 radical (unpaired) electrons. The molecule has 6 heteroatoms. The van der Waals surface area contributed by atoms with E-state index in [1.54, 1.807) is 19.9 Å². The Bertz CT molecular complexity index is 598. The number of rotatable bonds is 6. The second-order valence-corrected chi connectivity index (χ2v) is 5.97. The van der Waals surface area contributed by atoms with Crippen molar-refractivity contribution in [3.05, 3.63) is 29.6 Å². The SMILES string of the molecule is CCC(CC)(CNC(=O)C1COc2cc(F)ccc2C1)C(=O)O. The first-order valence-electron chi connectivity index (χ1n) is 7.84. The second-order valence-electron chi connectivity index (χ2n) is 5.97. The van der Waals surface area contributed by atoms with Crippen molar-refractivity contribution in [1.82, 2.24) is 5.32 Å². The van der Waals surface area contributed by atoms with E-state index in [1.165, 1.54) is 12.1 Å². The molecule has 0 spiro atoms. The van der Waals surface area contributed by atoms with Gasteiger partial charge in [0.2, 0.25) is 5.91 Å². The van der Waals surface area contributed by atoms with Gasteiger partial charge in [-0.3, -0.25) is 9.59 Å². The van der Waals surface area contributed by atoms with Crippen LogP contribution in [0.1, 0.15) is 32.3 Å². The van der Waals surface area contributed by atoms with Crippen LogP contribution in [0.2, 0.25) is 0 Å². The quantitative estimate of drug-likeness (QED) is 0.843. The van der Waals surface area contributed by atoms with Crippen LogP contribution in [0.4, 0.5) is 4.39 Å². The van der Waals surface area contributed by atoms with Crippen LogP contribution < -0.4 is 10.1 Å². The molecule has 1 atom stereocenters. The minimum Gasteiger partial charge on any atom is -0.492 e. The fraction of sp³-hybridized carbons (Fsp3) is 0.529. The molecular weight excluding hydrogens is 301 g/mol. The summed E-state index contributed by atoms with van der Waals surface area (Å²) < 4.78 is 18.6. The maximum absolute atomic E-state index is 13.1. The van der Waals surface area contributed by atoms with Gasteiger partial charge in [-0.05, 0) is 30.9 Å². The maximum Gasteiger partial charge on any atom is 0.311 e.